The minimum absolute atomic E-state index is 0.0326. The molecule has 0 aliphatic carbocycles. The summed E-state index contributed by atoms with van der Waals surface area (Å²) in [6, 6.07) is 14.5. The second-order valence-electron chi connectivity index (χ2n) is 6.94. The van der Waals surface area contributed by atoms with Crippen LogP contribution in [0.5, 0.6) is 0 Å². The molecule has 2 aromatic carbocycles. The molecule has 2 atom stereocenters. The van der Waals surface area contributed by atoms with Crippen LogP contribution in [0.25, 0.3) is 0 Å². The van der Waals surface area contributed by atoms with E-state index < -0.39 is 17.8 Å². The maximum atomic E-state index is 13.9. The molecule has 0 unspecified atom stereocenters. The maximum absolute atomic E-state index is 13.9. The number of thioether (sulfide) groups is 1. The second-order valence-corrected chi connectivity index (χ2v) is 8.11. The lowest BCUT2D eigenvalue weighted by Gasteiger charge is -2.16. The van der Waals surface area contributed by atoms with Crippen LogP contribution >= 0.6 is 11.8 Å². The Morgan fingerprint density at radius 1 is 1.10 bits per heavy atom. The molecular formula is C22H24FN5O2S. The van der Waals surface area contributed by atoms with E-state index in [1.54, 1.807) is 24.6 Å². The molecule has 7 nitrogen and oxygen atoms in total. The standard InChI is InChI=1S/C22H24FN5O2S/c1-4-18(21(30)25-15-10-6-5-7-11-15)31-22-27-26-19(28(22)3)14(2)24-20(29)16-12-8-9-13-17(16)23/h5-14,18H,4H2,1-3H3,(H,24,29)(H,25,30)/t14-,18+/m0/s1. The number of anilines is 1. The van der Waals surface area contributed by atoms with E-state index in [4.69, 9.17) is 0 Å². The molecule has 0 spiro atoms. The van der Waals surface area contributed by atoms with Crippen LogP contribution in [0.15, 0.2) is 59.8 Å². The Morgan fingerprint density at radius 2 is 1.77 bits per heavy atom. The number of hydrogen-bond acceptors (Lipinski definition) is 5. The van der Waals surface area contributed by atoms with Gasteiger partial charge < -0.3 is 15.2 Å². The van der Waals surface area contributed by atoms with E-state index >= 15 is 0 Å². The number of para-hydroxylation sites is 1. The average Bonchev–Trinajstić information content (AvgIpc) is 3.13. The number of carbonyl (C=O) groups is 2. The van der Waals surface area contributed by atoms with E-state index in [1.165, 1.54) is 30.0 Å². The minimum Gasteiger partial charge on any atom is -0.342 e. The van der Waals surface area contributed by atoms with Gasteiger partial charge in [-0.15, -0.1) is 10.2 Å². The van der Waals surface area contributed by atoms with Crippen molar-refractivity contribution in [1.29, 1.82) is 0 Å². The van der Waals surface area contributed by atoms with Crippen molar-refractivity contribution in [3.8, 4) is 0 Å². The summed E-state index contributed by atoms with van der Waals surface area (Å²) >= 11 is 1.30. The Labute approximate surface area is 184 Å². The molecule has 0 radical (unpaired) electrons. The third kappa shape index (κ3) is 5.49. The number of nitrogens with one attached hydrogen (secondary N) is 2. The van der Waals surface area contributed by atoms with Crippen molar-refractivity contribution in [3.63, 3.8) is 0 Å². The van der Waals surface area contributed by atoms with Crippen LogP contribution in [0.1, 0.15) is 42.5 Å². The quantitative estimate of drug-likeness (QED) is 0.517. The van der Waals surface area contributed by atoms with E-state index in [2.05, 4.69) is 20.8 Å². The van der Waals surface area contributed by atoms with Crippen molar-refractivity contribution < 1.29 is 14.0 Å². The van der Waals surface area contributed by atoms with Gasteiger partial charge in [0, 0.05) is 12.7 Å². The van der Waals surface area contributed by atoms with Crippen LogP contribution in [0.4, 0.5) is 10.1 Å². The topological polar surface area (TPSA) is 88.9 Å². The first-order valence-electron chi connectivity index (χ1n) is 9.88. The molecule has 3 rings (SSSR count). The fourth-order valence-corrected chi connectivity index (χ4v) is 3.91. The van der Waals surface area contributed by atoms with Crippen molar-refractivity contribution in [2.24, 2.45) is 7.05 Å². The molecule has 0 fully saturated rings. The van der Waals surface area contributed by atoms with E-state index in [0.717, 1.165) is 5.69 Å². The third-order valence-electron chi connectivity index (χ3n) is 4.67. The van der Waals surface area contributed by atoms with Crippen molar-refractivity contribution in [1.82, 2.24) is 20.1 Å². The zero-order valence-corrected chi connectivity index (χ0v) is 18.3. The first kappa shape index (κ1) is 22.5. The van der Waals surface area contributed by atoms with Gasteiger partial charge in [-0.25, -0.2) is 4.39 Å². The SMILES string of the molecule is CC[C@@H](Sc1nnc([C@H](C)NC(=O)c2ccccc2F)n1C)C(=O)Nc1ccccc1. The average molecular weight is 442 g/mol. The normalized spacial score (nSPS) is 12.8. The zero-order valence-electron chi connectivity index (χ0n) is 17.5. The van der Waals surface area contributed by atoms with Gasteiger partial charge in [-0.2, -0.15) is 0 Å². The lowest BCUT2D eigenvalue weighted by molar-refractivity contribution is -0.115. The Hall–Kier alpha value is -3.20. The fraction of sp³-hybridized carbons (Fsp3) is 0.273. The van der Waals surface area contributed by atoms with Gasteiger partial charge in [0.15, 0.2) is 11.0 Å². The van der Waals surface area contributed by atoms with Crippen LogP contribution in [0.3, 0.4) is 0 Å². The molecule has 9 heteroatoms. The monoisotopic (exact) mass is 441 g/mol. The van der Waals surface area contributed by atoms with Gasteiger partial charge in [0.1, 0.15) is 5.82 Å². The number of aromatic nitrogens is 3. The van der Waals surface area contributed by atoms with Gasteiger partial charge in [0.2, 0.25) is 5.91 Å². The van der Waals surface area contributed by atoms with Crippen LogP contribution < -0.4 is 10.6 Å². The molecule has 2 N–H and O–H groups in total. The van der Waals surface area contributed by atoms with E-state index in [9.17, 15) is 14.0 Å². The molecule has 0 aliphatic heterocycles. The fourth-order valence-electron chi connectivity index (χ4n) is 2.98. The smallest absolute Gasteiger partial charge is 0.254 e. The molecule has 0 saturated carbocycles. The van der Waals surface area contributed by atoms with Gasteiger partial charge in [0.05, 0.1) is 16.9 Å². The van der Waals surface area contributed by atoms with Crippen LogP contribution in [0.2, 0.25) is 0 Å². The van der Waals surface area contributed by atoms with Crippen LogP contribution in [-0.4, -0.2) is 31.8 Å². The number of rotatable bonds is 8. The number of halogens is 1. The Balaban J connectivity index is 1.67. The third-order valence-corrected chi connectivity index (χ3v) is 6.07. The first-order chi connectivity index (χ1) is 14.9. The molecule has 0 saturated heterocycles. The summed E-state index contributed by atoms with van der Waals surface area (Å²) in [5.41, 5.74) is 0.699. The summed E-state index contributed by atoms with van der Waals surface area (Å²) in [7, 11) is 1.77. The number of hydrogen-bond donors (Lipinski definition) is 2. The largest absolute Gasteiger partial charge is 0.342 e. The van der Waals surface area contributed by atoms with Crippen LogP contribution in [-0.2, 0) is 11.8 Å². The van der Waals surface area contributed by atoms with Crippen molar-refractivity contribution in [2.45, 2.75) is 36.7 Å². The van der Waals surface area contributed by atoms with Crippen LogP contribution in [0, 0.1) is 5.82 Å². The first-order valence-corrected chi connectivity index (χ1v) is 10.8. The van der Waals surface area contributed by atoms with Gasteiger partial charge in [-0.1, -0.05) is 49.0 Å². The summed E-state index contributed by atoms with van der Waals surface area (Å²) in [5.74, 6) is -0.734. The number of amides is 2. The summed E-state index contributed by atoms with van der Waals surface area (Å²) in [6.45, 7) is 3.67. The van der Waals surface area contributed by atoms with E-state index in [1.807, 2.05) is 37.3 Å². The molecule has 162 valence electrons. The van der Waals surface area contributed by atoms with Gasteiger partial charge in [-0.05, 0) is 37.6 Å². The molecule has 2 amide bonds. The molecule has 3 aromatic rings. The summed E-state index contributed by atoms with van der Waals surface area (Å²) < 4.78 is 15.6. The number of carbonyl (C=O) groups excluding carboxylic acids is 2. The molecule has 0 aliphatic rings. The summed E-state index contributed by atoms with van der Waals surface area (Å²) in [5, 5.41) is 14.2. The predicted molar refractivity (Wildman–Crippen MR) is 118 cm³/mol. The number of benzene rings is 2. The predicted octanol–water partition coefficient (Wildman–Crippen LogP) is 3.95. The highest BCUT2D eigenvalue weighted by Crippen LogP contribution is 2.26. The highest BCUT2D eigenvalue weighted by atomic mass is 32.2. The Morgan fingerprint density at radius 3 is 2.45 bits per heavy atom. The molecule has 1 heterocycles. The molecular weight excluding hydrogens is 417 g/mol. The van der Waals surface area contributed by atoms with Gasteiger partial charge in [0.25, 0.3) is 5.91 Å². The molecule has 31 heavy (non-hydrogen) atoms. The van der Waals surface area contributed by atoms with Gasteiger partial charge in [-0.3, -0.25) is 9.59 Å². The summed E-state index contributed by atoms with van der Waals surface area (Å²) in [6.07, 6.45) is 0.602. The molecule has 0 bridgehead atoms. The number of nitrogens with zero attached hydrogens (tertiary/aromatic N) is 3. The van der Waals surface area contributed by atoms with E-state index in [-0.39, 0.29) is 16.7 Å². The Bertz CT molecular complexity index is 1060. The molecule has 1 aromatic heterocycles. The highest BCUT2D eigenvalue weighted by molar-refractivity contribution is 8.00. The lowest BCUT2D eigenvalue weighted by atomic mass is 10.2. The summed E-state index contributed by atoms with van der Waals surface area (Å²) in [4.78, 5) is 25.0. The van der Waals surface area contributed by atoms with Gasteiger partial charge >= 0.3 is 0 Å². The zero-order chi connectivity index (χ0) is 22.4. The Kier molecular flexibility index (Phi) is 7.41. The van der Waals surface area contributed by atoms with Crippen molar-refractivity contribution >= 4 is 29.3 Å². The van der Waals surface area contributed by atoms with Crippen molar-refractivity contribution in [2.75, 3.05) is 5.32 Å². The van der Waals surface area contributed by atoms with Crippen molar-refractivity contribution in [3.05, 3.63) is 71.8 Å². The lowest BCUT2D eigenvalue weighted by Crippen LogP contribution is -2.29. The van der Waals surface area contributed by atoms with E-state index in [0.29, 0.717) is 17.4 Å². The maximum Gasteiger partial charge on any atom is 0.254 e. The minimum atomic E-state index is -0.586. The highest BCUT2D eigenvalue weighted by Gasteiger charge is 2.24. The second kappa shape index (κ2) is 10.2.